The molecule has 0 saturated carbocycles. The van der Waals surface area contributed by atoms with Crippen LogP contribution in [0, 0.1) is 5.92 Å². The molecule has 2 aromatic rings. The highest BCUT2D eigenvalue weighted by Gasteiger charge is 2.39. The summed E-state index contributed by atoms with van der Waals surface area (Å²) in [5.41, 5.74) is 7.84. The fourth-order valence-corrected chi connectivity index (χ4v) is 4.85. The quantitative estimate of drug-likeness (QED) is 0.913. The number of nitrogens with one attached hydrogen (secondary N) is 1. The maximum Gasteiger partial charge on any atom is 0.130 e. The Hall–Kier alpha value is -2.33. The average Bonchev–Trinajstić information content (AvgIpc) is 3.18. The highest BCUT2D eigenvalue weighted by atomic mass is 15.4. The van der Waals surface area contributed by atoms with Crippen molar-refractivity contribution in [1.29, 1.82) is 0 Å². The molecule has 2 unspecified atom stereocenters. The van der Waals surface area contributed by atoms with Gasteiger partial charge in [-0.2, -0.15) is 5.10 Å². The van der Waals surface area contributed by atoms with Gasteiger partial charge in [0.05, 0.1) is 6.04 Å². The van der Waals surface area contributed by atoms with Crippen molar-refractivity contribution in [2.75, 3.05) is 32.7 Å². The highest BCUT2D eigenvalue weighted by Crippen LogP contribution is 2.38. The van der Waals surface area contributed by atoms with Crippen molar-refractivity contribution >= 4 is 5.84 Å². The lowest BCUT2D eigenvalue weighted by atomic mass is 9.79. The fourth-order valence-electron chi connectivity index (χ4n) is 4.85. The minimum atomic E-state index is 0.376. The van der Waals surface area contributed by atoms with Gasteiger partial charge in [0.2, 0.25) is 0 Å². The highest BCUT2D eigenvalue weighted by molar-refractivity contribution is 5.87. The molecule has 0 amide bonds. The molecule has 1 N–H and O–H groups in total. The van der Waals surface area contributed by atoms with Crippen LogP contribution in [0.5, 0.6) is 0 Å². The first-order valence-electron chi connectivity index (χ1n) is 10.3. The summed E-state index contributed by atoms with van der Waals surface area (Å²) in [6.07, 6.45) is 3.53. The second kappa shape index (κ2) is 7.35. The molecule has 5 rings (SSSR count). The predicted molar refractivity (Wildman–Crippen MR) is 110 cm³/mol. The van der Waals surface area contributed by atoms with E-state index in [2.05, 4.69) is 69.8 Å². The number of rotatable bonds is 3. The van der Waals surface area contributed by atoms with Gasteiger partial charge in [-0.1, -0.05) is 54.6 Å². The lowest BCUT2D eigenvalue weighted by Crippen LogP contribution is -2.50. The Morgan fingerprint density at radius 3 is 2.56 bits per heavy atom. The fraction of sp³-hybridized carbons (Fsp3) is 0.435. The molecule has 0 spiro atoms. The van der Waals surface area contributed by atoms with Gasteiger partial charge < -0.3 is 10.3 Å². The second-order valence-electron chi connectivity index (χ2n) is 7.99. The number of hydrogen-bond acceptors (Lipinski definition) is 4. The van der Waals surface area contributed by atoms with Gasteiger partial charge in [0.1, 0.15) is 5.84 Å². The third-order valence-corrected chi connectivity index (χ3v) is 6.42. The third kappa shape index (κ3) is 3.34. The minimum Gasteiger partial charge on any atom is -0.356 e. The summed E-state index contributed by atoms with van der Waals surface area (Å²) in [5, 5.41) is 4.80. The number of nitrogens with zero attached hydrogens (tertiary/aromatic N) is 3. The SMILES string of the molecule is c1ccc(CCN2CCN(C3=NNC4c5ccccc5CCC34)CC2)cc1. The van der Waals surface area contributed by atoms with Gasteiger partial charge in [-0.05, 0) is 36.0 Å². The van der Waals surface area contributed by atoms with Crippen LogP contribution < -0.4 is 5.43 Å². The summed E-state index contributed by atoms with van der Waals surface area (Å²) < 4.78 is 0. The van der Waals surface area contributed by atoms with E-state index in [1.807, 2.05) is 0 Å². The zero-order valence-corrected chi connectivity index (χ0v) is 15.8. The first-order valence-corrected chi connectivity index (χ1v) is 10.3. The van der Waals surface area contributed by atoms with Crippen LogP contribution in [0.25, 0.3) is 0 Å². The molecule has 1 fully saturated rings. The lowest BCUT2D eigenvalue weighted by Gasteiger charge is -2.38. The number of hydrazone groups is 1. The lowest BCUT2D eigenvalue weighted by molar-refractivity contribution is 0.179. The standard InChI is InChI=1S/C23H28N4/c1-2-6-18(7-3-1)12-13-26-14-16-27(17-15-26)23-21-11-10-19-8-4-5-9-20(19)22(21)24-25-23/h1-9,21-22,24H,10-17H2. The topological polar surface area (TPSA) is 30.9 Å². The van der Waals surface area contributed by atoms with Gasteiger partial charge in [-0.3, -0.25) is 4.90 Å². The van der Waals surface area contributed by atoms with Crippen molar-refractivity contribution < 1.29 is 0 Å². The molecule has 3 aliphatic rings. The maximum atomic E-state index is 4.80. The number of amidine groups is 1. The molecule has 2 atom stereocenters. The number of aryl methyl sites for hydroxylation is 1. The van der Waals surface area contributed by atoms with Crippen LogP contribution in [0.15, 0.2) is 59.7 Å². The molecule has 0 aromatic heterocycles. The molecule has 0 radical (unpaired) electrons. The van der Waals surface area contributed by atoms with Crippen LogP contribution in [0.4, 0.5) is 0 Å². The molecule has 1 aliphatic carbocycles. The first kappa shape index (κ1) is 16.8. The van der Waals surface area contributed by atoms with Crippen molar-refractivity contribution in [2.24, 2.45) is 11.0 Å². The van der Waals surface area contributed by atoms with Crippen molar-refractivity contribution in [1.82, 2.24) is 15.2 Å². The van der Waals surface area contributed by atoms with Crippen LogP contribution in [0.3, 0.4) is 0 Å². The molecular weight excluding hydrogens is 332 g/mol. The molecular formula is C23H28N4. The second-order valence-corrected chi connectivity index (χ2v) is 7.99. The maximum absolute atomic E-state index is 4.80. The molecule has 0 bridgehead atoms. The minimum absolute atomic E-state index is 0.376. The zero-order chi connectivity index (χ0) is 18.1. The van der Waals surface area contributed by atoms with Crippen LogP contribution in [0.2, 0.25) is 0 Å². The summed E-state index contributed by atoms with van der Waals surface area (Å²) in [5.74, 6) is 1.84. The van der Waals surface area contributed by atoms with Crippen LogP contribution in [0.1, 0.15) is 29.2 Å². The zero-order valence-electron chi connectivity index (χ0n) is 15.8. The van der Waals surface area contributed by atoms with Gasteiger partial charge in [0.25, 0.3) is 0 Å². The largest absolute Gasteiger partial charge is 0.356 e. The van der Waals surface area contributed by atoms with Crippen LogP contribution >= 0.6 is 0 Å². The van der Waals surface area contributed by atoms with E-state index in [0.717, 1.165) is 39.1 Å². The van der Waals surface area contributed by atoms with E-state index in [1.165, 1.54) is 35.4 Å². The Balaban J connectivity index is 1.17. The van der Waals surface area contributed by atoms with Gasteiger partial charge >= 0.3 is 0 Å². The summed E-state index contributed by atoms with van der Waals surface area (Å²) in [7, 11) is 0. The van der Waals surface area contributed by atoms with Crippen molar-refractivity contribution in [2.45, 2.75) is 25.3 Å². The predicted octanol–water partition coefficient (Wildman–Crippen LogP) is 3.07. The smallest absolute Gasteiger partial charge is 0.130 e. The average molecular weight is 361 g/mol. The molecule has 27 heavy (non-hydrogen) atoms. The Labute approximate surface area is 161 Å². The molecule has 140 valence electrons. The molecule has 1 saturated heterocycles. The summed E-state index contributed by atoms with van der Waals surface area (Å²) in [4.78, 5) is 5.13. The number of piperazine rings is 1. The number of hydrogen-bond donors (Lipinski definition) is 1. The first-order chi connectivity index (χ1) is 13.4. The summed E-state index contributed by atoms with van der Waals surface area (Å²) in [6, 6.07) is 20.1. The van der Waals surface area contributed by atoms with E-state index in [1.54, 1.807) is 0 Å². The van der Waals surface area contributed by atoms with Crippen molar-refractivity contribution in [3.63, 3.8) is 0 Å². The van der Waals surface area contributed by atoms with E-state index in [4.69, 9.17) is 5.10 Å². The van der Waals surface area contributed by atoms with E-state index in [-0.39, 0.29) is 0 Å². The van der Waals surface area contributed by atoms with Gasteiger partial charge in [-0.25, -0.2) is 0 Å². The van der Waals surface area contributed by atoms with Crippen molar-refractivity contribution in [3.8, 4) is 0 Å². The summed E-state index contributed by atoms with van der Waals surface area (Å²) >= 11 is 0. The van der Waals surface area contributed by atoms with Crippen molar-refractivity contribution in [3.05, 3.63) is 71.3 Å². The molecule has 4 heteroatoms. The molecule has 2 heterocycles. The Kier molecular flexibility index (Phi) is 4.58. The van der Waals surface area contributed by atoms with Crippen LogP contribution in [-0.4, -0.2) is 48.4 Å². The molecule has 2 aliphatic heterocycles. The van der Waals surface area contributed by atoms with Crippen LogP contribution in [-0.2, 0) is 12.8 Å². The normalized spacial score (nSPS) is 24.7. The number of fused-ring (bicyclic) bond motifs is 3. The third-order valence-electron chi connectivity index (χ3n) is 6.42. The summed E-state index contributed by atoms with van der Waals surface area (Å²) in [6.45, 7) is 5.63. The van der Waals surface area contributed by atoms with E-state index in [9.17, 15) is 0 Å². The number of benzene rings is 2. The van der Waals surface area contributed by atoms with Gasteiger partial charge in [0.15, 0.2) is 0 Å². The van der Waals surface area contributed by atoms with Gasteiger partial charge in [0, 0.05) is 38.6 Å². The Morgan fingerprint density at radius 2 is 1.70 bits per heavy atom. The Bertz CT molecular complexity index is 808. The van der Waals surface area contributed by atoms with E-state index < -0.39 is 0 Å². The van der Waals surface area contributed by atoms with E-state index in [0.29, 0.717) is 12.0 Å². The monoisotopic (exact) mass is 360 g/mol. The molecule has 2 aromatic carbocycles. The van der Waals surface area contributed by atoms with E-state index >= 15 is 0 Å². The molecule has 4 nitrogen and oxygen atoms in total. The Morgan fingerprint density at radius 1 is 0.926 bits per heavy atom. The van der Waals surface area contributed by atoms with Gasteiger partial charge in [-0.15, -0.1) is 0 Å².